The summed E-state index contributed by atoms with van der Waals surface area (Å²) in [5, 5.41) is 3.15. The number of alkyl halides is 3. The van der Waals surface area contributed by atoms with Crippen LogP contribution in [0, 0.1) is 5.41 Å². The smallest absolute Gasteiger partial charge is 0.315 e. The standard InChI is InChI=1S/C11H12F3N3OS/c12-11(13,14)8-1-9(3-15-2-8)19(18)17-6-10(7-17)4-16-5-10/h1-3,16H,4-7H2. The highest BCUT2D eigenvalue weighted by Crippen LogP contribution is 2.37. The average Bonchev–Trinajstić information content (AvgIpc) is 2.24. The zero-order valence-electron chi connectivity index (χ0n) is 9.91. The van der Waals surface area contributed by atoms with Crippen molar-refractivity contribution in [1.29, 1.82) is 0 Å². The number of hydrogen-bond donors (Lipinski definition) is 1. The van der Waals surface area contributed by atoms with Crippen LogP contribution in [0.5, 0.6) is 0 Å². The molecule has 2 saturated heterocycles. The molecule has 2 aliphatic rings. The van der Waals surface area contributed by atoms with Gasteiger partial charge < -0.3 is 5.32 Å². The van der Waals surface area contributed by atoms with Crippen molar-refractivity contribution in [2.45, 2.75) is 11.1 Å². The van der Waals surface area contributed by atoms with Crippen molar-refractivity contribution in [3.05, 3.63) is 24.0 Å². The number of hydrogen-bond acceptors (Lipinski definition) is 3. The first-order chi connectivity index (χ1) is 8.90. The lowest BCUT2D eigenvalue weighted by Gasteiger charge is -2.55. The molecule has 1 aromatic rings. The molecule has 4 nitrogen and oxygen atoms in total. The quantitative estimate of drug-likeness (QED) is 0.885. The molecule has 0 bridgehead atoms. The Morgan fingerprint density at radius 2 is 2.00 bits per heavy atom. The lowest BCUT2D eigenvalue weighted by molar-refractivity contribution is -0.138. The third-order valence-corrected chi connectivity index (χ3v) is 4.85. The maximum atomic E-state index is 12.6. The first kappa shape index (κ1) is 13.0. The second kappa shape index (κ2) is 4.26. The minimum atomic E-state index is -4.46. The lowest BCUT2D eigenvalue weighted by atomic mass is 9.76. The molecule has 2 aliphatic heterocycles. The van der Waals surface area contributed by atoms with E-state index in [2.05, 4.69) is 10.3 Å². The minimum absolute atomic E-state index is 0.108. The second-order valence-corrected chi connectivity index (χ2v) is 6.54. The van der Waals surface area contributed by atoms with Gasteiger partial charge in [-0.2, -0.15) is 13.2 Å². The predicted molar refractivity (Wildman–Crippen MR) is 62.5 cm³/mol. The van der Waals surface area contributed by atoms with E-state index in [-0.39, 0.29) is 10.3 Å². The van der Waals surface area contributed by atoms with Crippen molar-refractivity contribution < 1.29 is 17.4 Å². The topological polar surface area (TPSA) is 45.2 Å². The van der Waals surface area contributed by atoms with E-state index >= 15 is 0 Å². The number of aromatic nitrogens is 1. The van der Waals surface area contributed by atoms with Gasteiger partial charge in [0.1, 0.15) is 11.0 Å². The molecule has 3 heterocycles. The molecule has 1 unspecified atom stereocenters. The average molecular weight is 291 g/mol. The van der Waals surface area contributed by atoms with Gasteiger partial charge in [0.15, 0.2) is 0 Å². The molecule has 0 saturated carbocycles. The summed E-state index contributed by atoms with van der Waals surface area (Å²) >= 11 is 0. The molecule has 1 N–H and O–H groups in total. The molecular weight excluding hydrogens is 279 g/mol. The molecule has 0 radical (unpaired) electrons. The highest BCUT2D eigenvalue weighted by atomic mass is 32.2. The molecule has 1 atom stereocenters. The van der Waals surface area contributed by atoms with Crippen LogP contribution < -0.4 is 5.32 Å². The molecule has 19 heavy (non-hydrogen) atoms. The fourth-order valence-corrected chi connectivity index (χ4v) is 3.80. The van der Waals surface area contributed by atoms with E-state index in [0.29, 0.717) is 13.1 Å². The summed E-state index contributed by atoms with van der Waals surface area (Å²) in [6, 6.07) is 0.910. The normalized spacial score (nSPS) is 23.7. The molecule has 8 heteroatoms. The third kappa shape index (κ3) is 2.28. The Labute approximate surface area is 110 Å². The Bertz CT molecular complexity index is 522. The fourth-order valence-electron chi connectivity index (χ4n) is 2.34. The Hall–Kier alpha value is -0.990. The van der Waals surface area contributed by atoms with E-state index < -0.39 is 22.7 Å². The van der Waals surface area contributed by atoms with Gasteiger partial charge in [0.2, 0.25) is 0 Å². The van der Waals surface area contributed by atoms with Crippen LogP contribution in [0.1, 0.15) is 5.56 Å². The van der Waals surface area contributed by atoms with Gasteiger partial charge in [-0.3, -0.25) is 4.98 Å². The SMILES string of the molecule is O=S(c1cncc(C(F)(F)F)c1)N1CC2(CNC2)C1. The van der Waals surface area contributed by atoms with Crippen LogP contribution in [-0.2, 0) is 17.2 Å². The summed E-state index contributed by atoms with van der Waals surface area (Å²) in [7, 11) is -1.56. The van der Waals surface area contributed by atoms with Crippen molar-refractivity contribution in [2.24, 2.45) is 5.41 Å². The van der Waals surface area contributed by atoms with E-state index in [9.17, 15) is 17.4 Å². The molecule has 2 fully saturated rings. The fraction of sp³-hybridized carbons (Fsp3) is 0.545. The molecular formula is C11H12F3N3OS. The molecule has 0 aromatic carbocycles. The minimum Gasteiger partial charge on any atom is -0.315 e. The van der Waals surface area contributed by atoms with Crippen LogP contribution in [0.4, 0.5) is 13.2 Å². The summed E-state index contributed by atoms with van der Waals surface area (Å²) in [6.45, 7) is 3.09. The van der Waals surface area contributed by atoms with Crippen LogP contribution in [0.2, 0.25) is 0 Å². The van der Waals surface area contributed by atoms with Gasteiger partial charge >= 0.3 is 6.18 Å². The van der Waals surface area contributed by atoms with Gasteiger partial charge in [-0.15, -0.1) is 0 Å². The molecule has 1 spiro atoms. The van der Waals surface area contributed by atoms with Gasteiger partial charge in [-0.1, -0.05) is 0 Å². The zero-order chi connectivity index (χ0) is 13.7. The number of pyridine rings is 1. The first-order valence-corrected chi connectivity index (χ1v) is 6.90. The van der Waals surface area contributed by atoms with Crippen molar-refractivity contribution in [2.75, 3.05) is 26.2 Å². The number of nitrogens with one attached hydrogen (secondary N) is 1. The largest absolute Gasteiger partial charge is 0.417 e. The highest BCUT2D eigenvalue weighted by Gasteiger charge is 2.49. The van der Waals surface area contributed by atoms with Crippen molar-refractivity contribution >= 4 is 11.0 Å². The van der Waals surface area contributed by atoms with E-state index in [1.165, 1.54) is 6.20 Å². The predicted octanol–water partition coefficient (Wildman–Crippen LogP) is 1.03. The van der Waals surface area contributed by atoms with Gasteiger partial charge in [0.05, 0.1) is 10.5 Å². The van der Waals surface area contributed by atoms with E-state index in [1.807, 2.05) is 0 Å². The van der Waals surface area contributed by atoms with Gasteiger partial charge in [0.25, 0.3) is 0 Å². The number of rotatable bonds is 2. The lowest BCUT2D eigenvalue weighted by Crippen LogP contribution is -2.71. The summed E-state index contributed by atoms with van der Waals surface area (Å²) < 4.78 is 51.5. The number of halogens is 3. The summed E-state index contributed by atoms with van der Waals surface area (Å²) in [6.07, 6.45) is -2.48. The molecule has 1 aromatic heterocycles. The monoisotopic (exact) mass is 291 g/mol. The Balaban J connectivity index is 1.74. The maximum Gasteiger partial charge on any atom is 0.417 e. The van der Waals surface area contributed by atoms with Gasteiger partial charge in [0, 0.05) is 44.0 Å². The Kier molecular flexibility index (Phi) is 2.91. The van der Waals surface area contributed by atoms with Crippen LogP contribution in [0.15, 0.2) is 23.4 Å². The maximum absolute atomic E-state index is 12.6. The van der Waals surface area contributed by atoms with Gasteiger partial charge in [-0.25, -0.2) is 8.51 Å². The molecule has 3 rings (SSSR count). The van der Waals surface area contributed by atoms with E-state index in [0.717, 1.165) is 25.4 Å². The van der Waals surface area contributed by atoms with E-state index in [1.54, 1.807) is 4.31 Å². The third-order valence-electron chi connectivity index (χ3n) is 3.50. The Morgan fingerprint density at radius 3 is 2.53 bits per heavy atom. The number of nitrogens with zero attached hydrogens (tertiary/aromatic N) is 2. The van der Waals surface area contributed by atoms with Crippen molar-refractivity contribution in [3.63, 3.8) is 0 Å². The molecule has 104 valence electrons. The van der Waals surface area contributed by atoms with Crippen LogP contribution in [-0.4, -0.2) is 39.7 Å². The van der Waals surface area contributed by atoms with E-state index in [4.69, 9.17) is 0 Å². The Morgan fingerprint density at radius 1 is 1.32 bits per heavy atom. The van der Waals surface area contributed by atoms with Gasteiger partial charge in [-0.05, 0) is 6.07 Å². The van der Waals surface area contributed by atoms with Crippen molar-refractivity contribution in [1.82, 2.24) is 14.6 Å². The van der Waals surface area contributed by atoms with Crippen LogP contribution in [0.25, 0.3) is 0 Å². The molecule has 0 amide bonds. The summed E-state index contributed by atoms with van der Waals surface area (Å²) in [4.78, 5) is 3.64. The highest BCUT2D eigenvalue weighted by molar-refractivity contribution is 7.82. The summed E-state index contributed by atoms with van der Waals surface area (Å²) in [5.74, 6) is 0. The second-order valence-electron chi connectivity index (χ2n) is 5.06. The van der Waals surface area contributed by atoms with Crippen molar-refractivity contribution in [3.8, 4) is 0 Å². The van der Waals surface area contributed by atoms with Crippen LogP contribution >= 0.6 is 0 Å². The molecule has 0 aliphatic carbocycles. The van der Waals surface area contributed by atoms with Crippen LogP contribution in [0.3, 0.4) is 0 Å². The summed E-state index contributed by atoms with van der Waals surface area (Å²) in [5.41, 5.74) is -0.677. The first-order valence-electron chi connectivity index (χ1n) is 5.80. The zero-order valence-corrected chi connectivity index (χ0v) is 10.7.